The smallest absolute Gasteiger partial charge is 0.0585 e. The molecule has 0 aliphatic carbocycles. The van der Waals surface area contributed by atoms with Gasteiger partial charge in [0, 0.05) is 19.1 Å². The molecule has 2 atom stereocenters. The lowest BCUT2D eigenvalue weighted by Crippen LogP contribution is -2.35. The Balaban J connectivity index is 1.87. The number of hydrogen-bond acceptors (Lipinski definition) is 3. The summed E-state index contributed by atoms with van der Waals surface area (Å²) in [5.74, 6) is 0.449. The summed E-state index contributed by atoms with van der Waals surface area (Å²) in [6, 6.07) is 8.63. The molecule has 0 amide bonds. The Kier molecular flexibility index (Phi) is 4.15. The molecule has 1 aliphatic rings. The lowest BCUT2D eigenvalue weighted by atomic mass is 10.0. The molecule has 1 aromatic carbocycles. The summed E-state index contributed by atoms with van der Waals surface area (Å²) in [5.41, 5.74) is 8.53. The van der Waals surface area contributed by atoms with E-state index in [1.54, 1.807) is 0 Å². The fraction of sp³-hybridized carbons (Fsp3) is 0.571. The van der Waals surface area contributed by atoms with Crippen LogP contribution in [0.4, 0.5) is 0 Å². The molecular formula is C14H22N2O. The topological polar surface area (TPSA) is 49.5 Å². The molecule has 2 unspecified atom stereocenters. The number of aliphatic hydroxyl groups excluding tert-OH is 1. The predicted molar refractivity (Wildman–Crippen MR) is 69.6 cm³/mol. The maximum absolute atomic E-state index is 9.06. The number of nitrogens with zero attached hydrogens (tertiary/aromatic N) is 1. The van der Waals surface area contributed by atoms with Gasteiger partial charge in [0.2, 0.25) is 0 Å². The molecule has 2 rings (SSSR count). The van der Waals surface area contributed by atoms with Crippen LogP contribution in [0.5, 0.6) is 0 Å². The van der Waals surface area contributed by atoms with E-state index >= 15 is 0 Å². The first-order valence-electron chi connectivity index (χ1n) is 6.33. The molecule has 0 aromatic heterocycles. The van der Waals surface area contributed by atoms with Crippen LogP contribution in [0.15, 0.2) is 24.3 Å². The molecule has 1 saturated heterocycles. The van der Waals surface area contributed by atoms with Crippen LogP contribution in [0.1, 0.15) is 17.5 Å². The van der Waals surface area contributed by atoms with Crippen molar-refractivity contribution in [3.05, 3.63) is 35.4 Å². The van der Waals surface area contributed by atoms with E-state index < -0.39 is 0 Å². The van der Waals surface area contributed by atoms with Crippen LogP contribution in [0, 0.1) is 12.8 Å². The summed E-state index contributed by atoms with van der Waals surface area (Å²) in [6.07, 6.45) is 1.10. The van der Waals surface area contributed by atoms with Gasteiger partial charge in [-0.3, -0.25) is 4.90 Å². The average molecular weight is 234 g/mol. The van der Waals surface area contributed by atoms with Crippen molar-refractivity contribution in [1.82, 2.24) is 4.90 Å². The zero-order valence-corrected chi connectivity index (χ0v) is 10.5. The van der Waals surface area contributed by atoms with Gasteiger partial charge in [0.25, 0.3) is 0 Å². The molecule has 1 fully saturated rings. The van der Waals surface area contributed by atoms with Crippen LogP contribution >= 0.6 is 0 Å². The molecule has 0 spiro atoms. The maximum atomic E-state index is 9.06. The van der Waals surface area contributed by atoms with Crippen LogP contribution < -0.4 is 5.73 Å². The summed E-state index contributed by atoms with van der Waals surface area (Å²) in [6.45, 7) is 5.30. The summed E-state index contributed by atoms with van der Waals surface area (Å²) in [7, 11) is 0. The van der Waals surface area contributed by atoms with Gasteiger partial charge in [0.05, 0.1) is 6.61 Å². The van der Waals surface area contributed by atoms with Crippen molar-refractivity contribution < 1.29 is 5.11 Å². The minimum atomic E-state index is -0.0574. The Morgan fingerprint density at radius 3 is 2.76 bits per heavy atom. The fourth-order valence-electron chi connectivity index (χ4n) is 2.46. The van der Waals surface area contributed by atoms with Crippen molar-refractivity contribution in [3.63, 3.8) is 0 Å². The maximum Gasteiger partial charge on any atom is 0.0585 e. The second-order valence-corrected chi connectivity index (χ2v) is 5.12. The Bertz CT molecular complexity index is 350. The lowest BCUT2D eigenvalue weighted by Gasteiger charge is -2.19. The highest BCUT2D eigenvalue weighted by Crippen LogP contribution is 2.20. The molecule has 1 aromatic rings. The molecule has 1 aliphatic heterocycles. The van der Waals surface area contributed by atoms with Gasteiger partial charge in [-0.15, -0.1) is 0 Å². The van der Waals surface area contributed by atoms with E-state index in [4.69, 9.17) is 10.8 Å². The zero-order valence-electron chi connectivity index (χ0n) is 10.5. The highest BCUT2D eigenvalue weighted by atomic mass is 16.3. The van der Waals surface area contributed by atoms with Crippen molar-refractivity contribution in [1.29, 1.82) is 0 Å². The van der Waals surface area contributed by atoms with E-state index in [0.717, 1.165) is 26.1 Å². The van der Waals surface area contributed by atoms with Crippen LogP contribution in [0.25, 0.3) is 0 Å². The predicted octanol–water partition coefficient (Wildman–Crippen LogP) is 1.14. The van der Waals surface area contributed by atoms with Crippen molar-refractivity contribution in [2.45, 2.75) is 25.9 Å². The Morgan fingerprint density at radius 2 is 2.12 bits per heavy atom. The van der Waals surface area contributed by atoms with Crippen LogP contribution in [0.3, 0.4) is 0 Å². The second kappa shape index (κ2) is 5.63. The third-order valence-electron chi connectivity index (χ3n) is 3.65. The number of aryl methyl sites for hydroxylation is 1. The minimum absolute atomic E-state index is 0.0574. The van der Waals surface area contributed by atoms with Crippen molar-refractivity contribution in [2.24, 2.45) is 11.7 Å². The Labute approximate surface area is 103 Å². The Morgan fingerprint density at radius 1 is 1.41 bits per heavy atom. The zero-order chi connectivity index (χ0) is 12.3. The molecule has 94 valence electrons. The molecule has 1 heterocycles. The SMILES string of the molecule is Cc1ccc(CN2CCC(C(N)CO)C2)cc1. The van der Waals surface area contributed by atoms with Crippen LogP contribution in [-0.2, 0) is 6.54 Å². The summed E-state index contributed by atoms with van der Waals surface area (Å²) >= 11 is 0. The van der Waals surface area contributed by atoms with Crippen molar-refractivity contribution in [3.8, 4) is 0 Å². The molecule has 3 heteroatoms. The van der Waals surface area contributed by atoms with Crippen LogP contribution in [-0.4, -0.2) is 35.7 Å². The number of hydrogen-bond donors (Lipinski definition) is 2. The normalized spacial score (nSPS) is 22.9. The molecule has 0 radical (unpaired) electrons. The average Bonchev–Trinajstić information content (AvgIpc) is 2.80. The van der Waals surface area contributed by atoms with E-state index in [2.05, 4.69) is 36.1 Å². The van der Waals surface area contributed by atoms with Gasteiger partial charge in [-0.05, 0) is 31.4 Å². The minimum Gasteiger partial charge on any atom is -0.395 e. The highest BCUT2D eigenvalue weighted by molar-refractivity contribution is 5.21. The van der Waals surface area contributed by atoms with Crippen LogP contribution in [0.2, 0.25) is 0 Å². The first-order chi connectivity index (χ1) is 8.19. The monoisotopic (exact) mass is 234 g/mol. The van der Waals surface area contributed by atoms with Gasteiger partial charge in [-0.2, -0.15) is 0 Å². The van der Waals surface area contributed by atoms with E-state index in [1.165, 1.54) is 11.1 Å². The summed E-state index contributed by atoms with van der Waals surface area (Å²) < 4.78 is 0. The number of rotatable bonds is 4. The van der Waals surface area contributed by atoms with Gasteiger partial charge in [-0.1, -0.05) is 29.8 Å². The molecule has 0 bridgehead atoms. The van der Waals surface area contributed by atoms with Gasteiger partial charge >= 0.3 is 0 Å². The largest absolute Gasteiger partial charge is 0.395 e. The second-order valence-electron chi connectivity index (χ2n) is 5.12. The van der Waals surface area contributed by atoms with E-state index in [1.807, 2.05) is 0 Å². The van der Waals surface area contributed by atoms with Gasteiger partial charge in [-0.25, -0.2) is 0 Å². The van der Waals surface area contributed by atoms with Gasteiger partial charge in [0.1, 0.15) is 0 Å². The van der Waals surface area contributed by atoms with Crippen molar-refractivity contribution >= 4 is 0 Å². The van der Waals surface area contributed by atoms with E-state index in [-0.39, 0.29) is 12.6 Å². The third-order valence-corrected chi connectivity index (χ3v) is 3.65. The summed E-state index contributed by atoms with van der Waals surface area (Å²) in [4.78, 5) is 2.42. The lowest BCUT2D eigenvalue weighted by molar-refractivity contribution is 0.221. The third kappa shape index (κ3) is 3.28. The Hall–Kier alpha value is -0.900. The highest BCUT2D eigenvalue weighted by Gasteiger charge is 2.26. The number of aliphatic hydroxyl groups is 1. The van der Waals surface area contributed by atoms with Crippen molar-refractivity contribution in [2.75, 3.05) is 19.7 Å². The van der Waals surface area contributed by atoms with E-state index in [0.29, 0.717) is 5.92 Å². The molecule has 3 nitrogen and oxygen atoms in total. The first kappa shape index (κ1) is 12.6. The molecule has 3 N–H and O–H groups in total. The van der Waals surface area contributed by atoms with E-state index in [9.17, 15) is 0 Å². The van der Waals surface area contributed by atoms with Gasteiger partial charge in [0.15, 0.2) is 0 Å². The molecular weight excluding hydrogens is 212 g/mol. The molecule has 0 saturated carbocycles. The van der Waals surface area contributed by atoms with Gasteiger partial charge < -0.3 is 10.8 Å². The number of benzene rings is 1. The number of nitrogens with two attached hydrogens (primary N) is 1. The fourth-order valence-corrected chi connectivity index (χ4v) is 2.46. The first-order valence-corrected chi connectivity index (χ1v) is 6.33. The molecule has 17 heavy (non-hydrogen) atoms. The summed E-state index contributed by atoms with van der Waals surface area (Å²) in [5, 5.41) is 9.06. The number of likely N-dealkylation sites (tertiary alicyclic amines) is 1. The quantitative estimate of drug-likeness (QED) is 0.821. The standard InChI is InChI=1S/C14H22N2O/c1-11-2-4-12(5-3-11)8-16-7-6-13(9-16)14(15)10-17/h2-5,13-14,17H,6-10,15H2,1H3.